The molecular formula is C22H20BN3O3. The number of nitrogens with zero attached hydrogens (tertiary/aromatic N) is 3. The van der Waals surface area contributed by atoms with Crippen LogP contribution in [0.2, 0.25) is 0 Å². The van der Waals surface area contributed by atoms with Crippen molar-refractivity contribution in [3.63, 3.8) is 0 Å². The first-order valence-corrected chi connectivity index (χ1v) is 9.72. The van der Waals surface area contributed by atoms with E-state index in [0.717, 1.165) is 56.1 Å². The standard InChI is InChI=1S/C22H20BN3O3/c23-26-11-9-15(10-12-26)3-7-20-18-6-8-21(19(14-27)22(18)29-25-20)28-17-4-1-16(13-24)2-5-17/h1-2,4-6,8,14-15H,3,7,9-12H2. The Kier molecular flexibility index (Phi) is 5.63. The molecule has 3 aromatic rings. The SMILES string of the molecule is [B]N1CCC(CCc2noc3c(C=O)c(Oc4ccc(C#N)cc4)ccc23)CC1. The number of fused-ring (bicyclic) bond motifs is 1. The van der Waals surface area contributed by atoms with E-state index in [-0.39, 0.29) is 0 Å². The highest BCUT2D eigenvalue weighted by Crippen LogP contribution is 2.33. The number of nitriles is 1. The minimum Gasteiger partial charge on any atom is -0.456 e. The number of rotatable bonds is 6. The second kappa shape index (κ2) is 8.50. The highest BCUT2D eigenvalue weighted by molar-refractivity contribution is 6.04. The average molecular weight is 385 g/mol. The molecule has 0 amide bonds. The van der Waals surface area contributed by atoms with Crippen LogP contribution < -0.4 is 4.74 Å². The van der Waals surface area contributed by atoms with Crippen molar-refractivity contribution in [1.29, 1.82) is 5.26 Å². The first-order chi connectivity index (χ1) is 14.2. The molecule has 1 aliphatic rings. The summed E-state index contributed by atoms with van der Waals surface area (Å²) in [5, 5.41) is 14.0. The molecule has 0 bridgehead atoms. The molecule has 1 saturated heterocycles. The van der Waals surface area contributed by atoms with E-state index in [1.807, 2.05) is 10.9 Å². The third-order valence-corrected chi connectivity index (χ3v) is 5.48. The molecule has 1 aromatic heterocycles. The molecular weight excluding hydrogens is 365 g/mol. The maximum Gasteiger partial charge on any atom is 0.182 e. The van der Waals surface area contributed by atoms with Gasteiger partial charge in [-0.25, -0.2) is 0 Å². The Morgan fingerprint density at radius 1 is 1.24 bits per heavy atom. The number of hydrogen-bond acceptors (Lipinski definition) is 6. The maximum absolute atomic E-state index is 11.7. The number of hydrogen-bond donors (Lipinski definition) is 0. The monoisotopic (exact) mass is 385 g/mol. The van der Waals surface area contributed by atoms with Crippen molar-refractivity contribution in [3.05, 3.63) is 53.2 Å². The first kappa shape index (κ1) is 19.2. The van der Waals surface area contributed by atoms with E-state index in [0.29, 0.717) is 34.1 Å². The van der Waals surface area contributed by atoms with Gasteiger partial charge in [-0.15, -0.1) is 0 Å². The van der Waals surface area contributed by atoms with Crippen molar-refractivity contribution in [3.8, 4) is 17.6 Å². The molecule has 144 valence electrons. The van der Waals surface area contributed by atoms with Gasteiger partial charge in [-0.1, -0.05) is 5.16 Å². The molecule has 0 saturated carbocycles. The van der Waals surface area contributed by atoms with Crippen LogP contribution in [0, 0.1) is 17.2 Å². The summed E-state index contributed by atoms with van der Waals surface area (Å²) >= 11 is 0. The van der Waals surface area contributed by atoms with Crippen LogP contribution in [0.1, 0.15) is 40.9 Å². The van der Waals surface area contributed by atoms with Gasteiger partial charge in [0.1, 0.15) is 17.1 Å². The summed E-state index contributed by atoms with van der Waals surface area (Å²) in [6.07, 6.45) is 4.74. The van der Waals surface area contributed by atoms with Crippen molar-refractivity contribution >= 4 is 25.2 Å². The van der Waals surface area contributed by atoms with E-state index in [4.69, 9.17) is 22.5 Å². The molecule has 2 radical (unpaired) electrons. The molecule has 0 atom stereocenters. The molecule has 1 aliphatic heterocycles. The van der Waals surface area contributed by atoms with Gasteiger partial charge in [0, 0.05) is 5.39 Å². The molecule has 0 aliphatic carbocycles. The van der Waals surface area contributed by atoms with Crippen molar-refractivity contribution in [2.24, 2.45) is 5.92 Å². The van der Waals surface area contributed by atoms with Gasteiger partial charge in [-0.05, 0) is 81.1 Å². The molecule has 0 unspecified atom stereocenters. The molecule has 29 heavy (non-hydrogen) atoms. The zero-order chi connectivity index (χ0) is 20.2. The number of piperidine rings is 1. The summed E-state index contributed by atoms with van der Waals surface area (Å²) in [6, 6.07) is 12.4. The fraction of sp³-hybridized carbons (Fsp3) is 0.318. The summed E-state index contributed by atoms with van der Waals surface area (Å²) in [6.45, 7) is 1.85. The van der Waals surface area contributed by atoms with Gasteiger partial charge in [0.25, 0.3) is 0 Å². The van der Waals surface area contributed by atoms with Gasteiger partial charge in [0.2, 0.25) is 0 Å². The number of carbonyl (C=O) groups excluding carboxylic acids is 1. The van der Waals surface area contributed by atoms with Crippen LogP contribution in [0.4, 0.5) is 0 Å². The average Bonchev–Trinajstić information content (AvgIpc) is 3.17. The van der Waals surface area contributed by atoms with Gasteiger partial charge < -0.3 is 14.1 Å². The molecule has 1 fully saturated rings. The predicted octanol–water partition coefficient (Wildman–Crippen LogP) is 4.03. The topological polar surface area (TPSA) is 79.4 Å². The lowest BCUT2D eigenvalue weighted by Crippen LogP contribution is -2.31. The fourth-order valence-corrected chi connectivity index (χ4v) is 3.74. The van der Waals surface area contributed by atoms with Gasteiger partial charge >= 0.3 is 0 Å². The van der Waals surface area contributed by atoms with E-state index in [9.17, 15) is 4.79 Å². The molecule has 4 rings (SSSR count). The zero-order valence-electron chi connectivity index (χ0n) is 16.0. The maximum atomic E-state index is 11.7. The van der Waals surface area contributed by atoms with Crippen molar-refractivity contribution in [2.75, 3.05) is 13.1 Å². The third-order valence-electron chi connectivity index (χ3n) is 5.48. The Morgan fingerprint density at radius 3 is 2.69 bits per heavy atom. The van der Waals surface area contributed by atoms with Gasteiger partial charge in [0.15, 0.2) is 19.9 Å². The van der Waals surface area contributed by atoms with Gasteiger partial charge in [-0.2, -0.15) is 5.26 Å². The Bertz CT molecular complexity index is 1050. The zero-order valence-corrected chi connectivity index (χ0v) is 16.0. The minimum absolute atomic E-state index is 0.335. The molecule has 0 spiro atoms. The van der Waals surface area contributed by atoms with Crippen LogP contribution in [0.25, 0.3) is 11.0 Å². The second-order valence-corrected chi connectivity index (χ2v) is 7.36. The van der Waals surface area contributed by atoms with E-state index >= 15 is 0 Å². The van der Waals surface area contributed by atoms with Crippen LogP contribution in [-0.2, 0) is 6.42 Å². The van der Waals surface area contributed by atoms with Crippen molar-refractivity contribution < 1.29 is 14.1 Å². The lowest BCUT2D eigenvalue weighted by atomic mass is 9.90. The molecule has 0 N–H and O–H groups in total. The van der Waals surface area contributed by atoms with Crippen LogP contribution in [0.15, 0.2) is 40.9 Å². The minimum atomic E-state index is 0.335. The number of aldehydes is 1. The number of ether oxygens (including phenoxy) is 1. The Hall–Kier alpha value is -3.11. The number of aromatic nitrogens is 1. The number of benzene rings is 2. The van der Waals surface area contributed by atoms with Crippen LogP contribution in [-0.4, -0.2) is 37.3 Å². The van der Waals surface area contributed by atoms with Gasteiger partial charge in [-0.3, -0.25) is 4.79 Å². The predicted molar refractivity (Wildman–Crippen MR) is 109 cm³/mol. The molecule has 2 aromatic carbocycles. The highest BCUT2D eigenvalue weighted by atomic mass is 16.5. The number of carbonyl (C=O) groups is 1. The third kappa shape index (κ3) is 4.18. The number of aryl methyl sites for hydroxylation is 1. The summed E-state index contributed by atoms with van der Waals surface area (Å²) in [7, 11) is 5.82. The molecule has 7 heteroatoms. The first-order valence-electron chi connectivity index (χ1n) is 9.72. The van der Waals surface area contributed by atoms with E-state index < -0.39 is 0 Å². The smallest absolute Gasteiger partial charge is 0.182 e. The lowest BCUT2D eigenvalue weighted by Gasteiger charge is -2.29. The molecule has 6 nitrogen and oxygen atoms in total. The summed E-state index contributed by atoms with van der Waals surface area (Å²) in [5.74, 6) is 1.57. The normalized spacial score (nSPS) is 15.3. The summed E-state index contributed by atoms with van der Waals surface area (Å²) in [4.78, 5) is 13.6. The van der Waals surface area contributed by atoms with Crippen LogP contribution in [0.5, 0.6) is 11.5 Å². The lowest BCUT2D eigenvalue weighted by molar-refractivity contribution is 0.112. The Morgan fingerprint density at radius 2 is 2.00 bits per heavy atom. The van der Waals surface area contributed by atoms with Crippen molar-refractivity contribution in [1.82, 2.24) is 9.97 Å². The molecule has 2 heterocycles. The van der Waals surface area contributed by atoms with Crippen LogP contribution >= 0.6 is 0 Å². The largest absolute Gasteiger partial charge is 0.456 e. The second-order valence-electron chi connectivity index (χ2n) is 7.36. The summed E-state index contributed by atoms with van der Waals surface area (Å²) in [5.41, 5.74) is 2.18. The quantitative estimate of drug-likeness (QED) is 0.471. The Balaban J connectivity index is 1.53. The van der Waals surface area contributed by atoms with E-state index in [1.54, 1.807) is 30.3 Å². The van der Waals surface area contributed by atoms with Gasteiger partial charge in [0.05, 0.1) is 17.3 Å². The Labute approximate surface area is 170 Å². The highest BCUT2D eigenvalue weighted by Gasteiger charge is 2.20. The summed E-state index contributed by atoms with van der Waals surface area (Å²) < 4.78 is 11.3. The van der Waals surface area contributed by atoms with E-state index in [1.165, 1.54) is 0 Å². The van der Waals surface area contributed by atoms with Crippen LogP contribution in [0.3, 0.4) is 0 Å². The van der Waals surface area contributed by atoms with E-state index in [2.05, 4.69) is 11.2 Å². The fourth-order valence-electron chi connectivity index (χ4n) is 3.74. The van der Waals surface area contributed by atoms with Crippen molar-refractivity contribution in [2.45, 2.75) is 25.7 Å².